The molecule has 0 radical (unpaired) electrons. The molecule has 6 rings (SSSR count). The number of hydrogen-bond acceptors (Lipinski definition) is 4. The number of amides is 2. The largest absolute Gasteiger partial charge is 0.416 e. The van der Waals surface area contributed by atoms with E-state index in [-0.39, 0.29) is 12.5 Å². The Hall–Kier alpha value is -5.54. The fourth-order valence-corrected chi connectivity index (χ4v) is 6.47. The first-order chi connectivity index (χ1) is 25.1. The molecule has 0 saturated carbocycles. The quantitative estimate of drug-likeness (QED) is 0.131. The molecular formula is C43H41F3N4O2. The van der Waals surface area contributed by atoms with E-state index in [4.69, 9.17) is 0 Å². The average molecular weight is 703 g/mol. The van der Waals surface area contributed by atoms with Crippen molar-refractivity contribution in [3.05, 3.63) is 167 Å². The lowest BCUT2D eigenvalue weighted by molar-refractivity contribution is -0.145. The molecule has 2 amide bonds. The van der Waals surface area contributed by atoms with Crippen LogP contribution in [-0.2, 0) is 35.3 Å². The van der Waals surface area contributed by atoms with Gasteiger partial charge in [0.25, 0.3) is 0 Å². The molecule has 52 heavy (non-hydrogen) atoms. The van der Waals surface area contributed by atoms with Gasteiger partial charge >= 0.3 is 6.18 Å². The molecule has 1 aliphatic rings. The van der Waals surface area contributed by atoms with Crippen molar-refractivity contribution in [3.8, 4) is 11.3 Å². The third kappa shape index (κ3) is 9.61. The molecule has 2 heterocycles. The third-order valence-electron chi connectivity index (χ3n) is 9.31. The van der Waals surface area contributed by atoms with Crippen molar-refractivity contribution < 1.29 is 22.8 Å². The highest BCUT2D eigenvalue weighted by molar-refractivity contribution is 5.95. The molecule has 0 spiro atoms. The van der Waals surface area contributed by atoms with Crippen LogP contribution in [0.2, 0.25) is 0 Å². The van der Waals surface area contributed by atoms with Crippen LogP contribution in [0.4, 0.5) is 13.2 Å². The van der Waals surface area contributed by atoms with Crippen LogP contribution in [0.1, 0.15) is 33.4 Å². The Morgan fingerprint density at radius 2 is 1.48 bits per heavy atom. The molecule has 0 bridgehead atoms. The number of rotatable bonds is 11. The molecule has 4 aromatic carbocycles. The maximum atomic E-state index is 14.6. The van der Waals surface area contributed by atoms with Crippen molar-refractivity contribution in [2.75, 3.05) is 26.2 Å². The first kappa shape index (κ1) is 36.3. The number of halogens is 3. The summed E-state index contributed by atoms with van der Waals surface area (Å²) in [6, 6.07) is 35.3. The number of carbonyl (C=O) groups excluding carboxylic acids is 2. The number of carbonyl (C=O) groups is 2. The van der Waals surface area contributed by atoms with Gasteiger partial charge in [-0.1, -0.05) is 103 Å². The number of aromatic nitrogens is 1. The summed E-state index contributed by atoms with van der Waals surface area (Å²) < 4.78 is 39.5. The van der Waals surface area contributed by atoms with Crippen LogP contribution in [0.5, 0.6) is 0 Å². The normalized spacial score (nSPS) is 14.3. The molecule has 0 aliphatic carbocycles. The van der Waals surface area contributed by atoms with E-state index in [9.17, 15) is 22.8 Å². The molecule has 5 aromatic rings. The SMILES string of the molecule is Cc1cccc(CN2CCN(C(=O)[C@H](Cc3ccccc3)N(Cc3ccc(-c4ccccn4)cc3)C(=O)C=Cc3ccc(C(F)(F)F)cc3)CC2)c1. The summed E-state index contributed by atoms with van der Waals surface area (Å²) in [5, 5.41) is 0. The summed E-state index contributed by atoms with van der Waals surface area (Å²) in [5.41, 5.74) is 5.59. The minimum Gasteiger partial charge on any atom is -0.338 e. The van der Waals surface area contributed by atoms with Crippen LogP contribution in [0.15, 0.2) is 134 Å². The Morgan fingerprint density at radius 1 is 0.788 bits per heavy atom. The van der Waals surface area contributed by atoms with Gasteiger partial charge in [-0.15, -0.1) is 0 Å². The Kier molecular flexibility index (Phi) is 11.6. The van der Waals surface area contributed by atoms with Crippen molar-refractivity contribution in [1.29, 1.82) is 0 Å². The maximum absolute atomic E-state index is 14.6. The van der Waals surface area contributed by atoms with Gasteiger partial charge in [-0.25, -0.2) is 0 Å². The molecule has 1 aromatic heterocycles. The van der Waals surface area contributed by atoms with E-state index in [1.54, 1.807) is 11.1 Å². The summed E-state index contributed by atoms with van der Waals surface area (Å²) in [7, 11) is 0. The highest BCUT2D eigenvalue weighted by atomic mass is 19.4. The van der Waals surface area contributed by atoms with Crippen LogP contribution in [0.3, 0.4) is 0 Å². The number of piperazine rings is 1. The van der Waals surface area contributed by atoms with E-state index in [0.29, 0.717) is 38.2 Å². The second-order valence-corrected chi connectivity index (χ2v) is 13.1. The van der Waals surface area contributed by atoms with Gasteiger partial charge in [0.05, 0.1) is 11.3 Å². The number of hydrogen-bond donors (Lipinski definition) is 0. The van der Waals surface area contributed by atoms with Crippen LogP contribution in [0, 0.1) is 6.92 Å². The lowest BCUT2D eigenvalue weighted by Gasteiger charge is -2.39. The third-order valence-corrected chi connectivity index (χ3v) is 9.31. The minimum absolute atomic E-state index is 0.138. The lowest BCUT2D eigenvalue weighted by atomic mass is 10.0. The summed E-state index contributed by atoms with van der Waals surface area (Å²) in [6.07, 6.45) is 0.408. The maximum Gasteiger partial charge on any atom is 0.416 e. The Balaban J connectivity index is 1.27. The van der Waals surface area contributed by atoms with Crippen LogP contribution in [0.25, 0.3) is 17.3 Å². The van der Waals surface area contributed by atoms with E-state index < -0.39 is 23.7 Å². The summed E-state index contributed by atoms with van der Waals surface area (Å²) in [6.45, 7) is 5.48. The minimum atomic E-state index is -4.46. The van der Waals surface area contributed by atoms with Gasteiger partial charge in [0, 0.05) is 63.5 Å². The molecule has 9 heteroatoms. The van der Waals surface area contributed by atoms with E-state index in [0.717, 1.165) is 41.1 Å². The monoisotopic (exact) mass is 702 g/mol. The smallest absolute Gasteiger partial charge is 0.338 e. The molecule has 6 nitrogen and oxygen atoms in total. The zero-order chi connectivity index (χ0) is 36.5. The lowest BCUT2D eigenvalue weighted by Crippen LogP contribution is -2.56. The number of nitrogens with zero attached hydrogens (tertiary/aromatic N) is 4. The van der Waals surface area contributed by atoms with Gasteiger partial charge in [-0.3, -0.25) is 19.5 Å². The summed E-state index contributed by atoms with van der Waals surface area (Å²) in [5.74, 6) is -0.554. The van der Waals surface area contributed by atoms with Crippen molar-refractivity contribution >= 4 is 17.9 Å². The molecule has 0 unspecified atom stereocenters. The van der Waals surface area contributed by atoms with E-state index in [1.807, 2.05) is 77.7 Å². The van der Waals surface area contributed by atoms with Crippen LogP contribution < -0.4 is 0 Å². The number of aryl methyl sites for hydroxylation is 1. The second kappa shape index (κ2) is 16.7. The molecule has 1 saturated heterocycles. The summed E-state index contributed by atoms with van der Waals surface area (Å²) in [4.78, 5) is 39.0. The van der Waals surface area contributed by atoms with Gasteiger partial charge < -0.3 is 9.80 Å². The Morgan fingerprint density at radius 3 is 2.13 bits per heavy atom. The fraction of sp³-hybridized carbons (Fsp3) is 0.233. The number of benzene rings is 4. The molecule has 0 N–H and O–H groups in total. The second-order valence-electron chi connectivity index (χ2n) is 13.1. The van der Waals surface area contributed by atoms with Gasteiger partial charge in [-0.05, 0) is 59.5 Å². The standard InChI is InChI=1S/C43H41F3N4O2/c1-32-8-7-11-36(28-32)30-48-24-26-49(27-25-48)42(52)40(29-34-9-3-2-4-10-34)50(31-35-13-18-37(19-14-35)39-12-5-6-23-47-39)41(51)22-17-33-15-20-38(21-16-33)43(44,45)46/h2-23,28,40H,24-27,29-31H2,1H3/t40-/m0/s1. The van der Waals surface area contributed by atoms with Crippen molar-refractivity contribution in [2.45, 2.75) is 38.7 Å². The van der Waals surface area contributed by atoms with E-state index in [1.165, 1.54) is 35.4 Å². The predicted molar refractivity (Wildman–Crippen MR) is 198 cm³/mol. The Labute approximate surface area is 302 Å². The van der Waals surface area contributed by atoms with E-state index in [2.05, 4.69) is 41.1 Å². The first-order valence-corrected chi connectivity index (χ1v) is 17.4. The zero-order valence-electron chi connectivity index (χ0n) is 29.0. The molecule has 1 fully saturated rings. The predicted octanol–water partition coefficient (Wildman–Crippen LogP) is 8.07. The van der Waals surface area contributed by atoms with Crippen molar-refractivity contribution in [2.24, 2.45) is 0 Å². The van der Waals surface area contributed by atoms with Crippen molar-refractivity contribution in [1.82, 2.24) is 19.7 Å². The highest BCUT2D eigenvalue weighted by Gasteiger charge is 2.34. The topological polar surface area (TPSA) is 56.8 Å². The first-order valence-electron chi connectivity index (χ1n) is 17.4. The van der Waals surface area contributed by atoms with Gasteiger partial charge in [0.15, 0.2) is 0 Å². The number of pyridine rings is 1. The molecule has 1 aliphatic heterocycles. The average Bonchev–Trinajstić information content (AvgIpc) is 3.16. The Bertz CT molecular complexity index is 1960. The van der Waals surface area contributed by atoms with Gasteiger partial charge in [0.2, 0.25) is 11.8 Å². The van der Waals surface area contributed by atoms with Gasteiger partial charge in [0.1, 0.15) is 6.04 Å². The van der Waals surface area contributed by atoms with E-state index >= 15 is 0 Å². The van der Waals surface area contributed by atoms with Crippen molar-refractivity contribution in [3.63, 3.8) is 0 Å². The zero-order valence-corrected chi connectivity index (χ0v) is 29.0. The fourth-order valence-electron chi connectivity index (χ4n) is 6.47. The molecular weight excluding hydrogens is 661 g/mol. The highest BCUT2D eigenvalue weighted by Crippen LogP contribution is 2.29. The van der Waals surface area contributed by atoms with Crippen LogP contribution in [-0.4, -0.2) is 63.7 Å². The summed E-state index contributed by atoms with van der Waals surface area (Å²) >= 11 is 0. The van der Waals surface area contributed by atoms with Crippen LogP contribution >= 0.6 is 0 Å². The van der Waals surface area contributed by atoms with Gasteiger partial charge in [-0.2, -0.15) is 13.2 Å². The molecule has 1 atom stereocenters. The number of alkyl halides is 3. The molecule has 266 valence electrons.